The number of allylic oxidation sites excluding steroid dienone is 5. The molecule has 1 amide bonds. The highest BCUT2D eigenvalue weighted by molar-refractivity contribution is 8.04. The van der Waals surface area contributed by atoms with Crippen LogP contribution in [0.25, 0.3) is 0 Å². The molecule has 6 nitrogen and oxygen atoms in total. The van der Waals surface area contributed by atoms with Crippen molar-refractivity contribution in [1.29, 1.82) is 0 Å². The SMILES string of the molecule is C=CC=C(C)NC(=O)CCCCSC1=CC(=O)c2oncc2C1=O. The van der Waals surface area contributed by atoms with Crippen LogP contribution in [0.15, 0.2) is 46.1 Å². The van der Waals surface area contributed by atoms with E-state index >= 15 is 0 Å². The van der Waals surface area contributed by atoms with Gasteiger partial charge in [-0.25, -0.2) is 0 Å². The highest BCUT2D eigenvalue weighted by Gasteiger charge is 2.29. The van der Waals surface area contributed by atoms with Gasteiger partial charge in [0.1, 0.15) is 0 Å². The van der Waals surface area contributed by atoms with E-state index in [0.717, 1.165) is 12.1 Å². The fraction of sp³-hybridized carbons (Fsp3) is 0.294. The Balaban J connectivity index is 1.72. The zero-order valence-corrected chi connectivity index (χ0v) is 14.1. The van der Waals surface area contributed by atoms with Crippen LogP contribution in [-0.4, -0.2) is 28.4 Å². The van der Waals surface area contributed by atoms with Crippen LogP contribution in [0.3, 0.4) is 0 Å². The molecule has 0 bridgehead atoms. The Bertz CT molecular complexity index is 731. The van der Waals surface area contributed by atoms with Gasteiger partial charge in [-0.05, 0) is 31.6 Å². The minimum absolute atomic E-state index is 0.00368. The summed E-state index contributed by atoms with van der Waals surface area (Å²) in [5, 5.41) is 6.25. The number of ketones is 2. The molecule has 0 aromatic carbocycles. The first kappa shape index (κ1) is 17.9. The molecule has 1 heterocycles. The summed E-state index contributed by atoms with van der Waals surface area (Å²) in [6, 6.07) is 0. The highest BCUT2D eigenvalue weighted by atomic mass is 32.2. The molecule has 0 radical (unpaired) electrons. The van der Waals surface area contributed by atoms with Gasteiger partial charge in [0.2, 0.25) is 23.2 Å². The quantitative estimate of drug-likeness (QED) is 0.575. The largest absolute Gasteiger partial charge is 0.352 e. The molecule has 126 valence electrons. The van der Waals surface area contributed by atoms with E-state index in [1.165, 1.54) is 24.0 Å². The maximum atomic E-state index is 12.2. The molecule has 0 unspecified atom stereocenters. The minimum Gasteiger partial charge on any atom is -0.352 e. The van der Waals surface area contributed by atoms with Crippen molar-refractivity contribution in [2.75, 3.05) is 5.75 Å². The summed E-state index contributed by atoms with van der Waals surface area (Å²) >= 11 is 1.31. The average molecular weight is 346 g/mol. The lowest BCUT2D eigenvalue weighted by molar-refractivity contribution is -0.120. The average Bonchev–Trinajstić information content (AvgIpc) is 3.02. The molecular weight excluding hydrogens is 328 g/mol. The molecule has 1 aromatic rings. The summed E-state index contributed by atoms with van der Waals surface area (Å²) in [6.45, 7) is 5.36. The number of thioether (sulfide) groups is 1. The van der Waals surface area contributed by atoms with Crippen LogP contribution < -0.4 is 5.32 Å². The summed E-state index contributed by atoms with van der Waals surface area (Å²) in [5.41, 5.74) is 0.972. The topological polar surface area (TPSA) is 89.3 Å². The predicted molar refractivity (Wildman–Crippen MR) is 91.7 cm³/mol. The van der Waals surface area contributed by atoms with Gasteiger partial charge in [-0.15, -0.1) is 11.8 Å². The second-order valence-corrected chi connectivity index (χ2v) is 6.35. The van der Waals surface area contributed by atoms with Crippen molar-refractivity contribution >= 4 is 29.2 Å². The third kappa shape index (κ3) is 4.55. The van der Waals surface area contributed by atoms with Crippen molar-refractivity contribution in [3.8, 4) is 0 Å². The van der Waals surface area contributed by atoms with Gasteiger partial charge in [-0.2, -0.15) is 0 Å². The zero-order valence-electron chi connectivity index (χ0n) is 13.3. The minimum atomic E-state index is -0.339. The third-order valence-electron chi connectivity index (χ3n) is 3.28. The second-order valence-electron chi connectivity index (χ2n) is 5.21. The number of nitrogens with one attached hydrogen (secondary N) is 1. The molecule has 2 rings (SSSR count). The van der Waals surface area contributed by atoms with Crippen LogP contribution in [0.1, 0.15) is 47.1 Å². The molecule has 0 saturated carbocycles. The molecule has 1 aromatic heterocycles. The van der Waals surface area contributed by atoms with Crippen LogP contribution in [0, 0.1) is 0 Å². The molecule has 24 heavy (non-hydrogen) atoms. The van der Waals surface area contributed by atoms with Crippen molar-refractivity contribution in [3.63, 3.8) is 0 Å². The van der Waals surface area contributed by atoms with Gasteiger partial charge >= 0.3 is 0 Å². The summed E-state index contributed by atoms with van der Waals surface area (Å²) in [7, 11) is 0. The van der Waals surface area contributed by atoms with Gasteiger partial charge in [0.25, 0.3) is 0 Å². The standard InChI is InChI=1S/C17H18N2O4S/c1-3-6-11(2)19-15(21)7-4-5-8-24-14-9-13(20)17-12(16(14)22)10-18-23-17/h3,6,9-10H,1,4-5,7-8H2,2H3,(H,19,21). The Labute approximate surface area is 144 Å². The van der Waals surface area contributed by atoms with Gasteiger partial charge in [-0.3, -0.25) is 14.4 Å². The normalized spacial score (nSPS) is 14.2. The van der Waals surface area contributed by atoms with E-state index in [2.05, 4.69) is 17.1 Å². The summed E-state index contributed by atoms with van der Waals surface area (Å²) in [4.78, 5) is 36.0. The molecule has 0 fully saturated rings. The Morgan fingerprint density at radius 1 is 1.42 bits per heavy atom. The number of hydrogen-bond acceptors (Lipinski definition) is 6. The van der Waals surface area contributed by atoms with E-state index < -0.39 is 0 Å². The first-order valence-electron chi connectivity index (χ1n) is 7.50. The summed E-state index contributed by atoms with van der Waals surface area (Å²) in [5.74, 6) is 0.0318. The van der Waals surface area contributed by atoms with Gasteiger partial charge in [-0.1, -0.05) is 17.8 Å². The molecule has 1 N–H and O–H groups in total. The number of aromatic nitrogens is 1. The lowest BCUT2D eigenvalue weighted by atomic mass is 10.0. The number of Topliss-reactive ketones (excluding diaryl/α,β-unsaturated/α-hetero) is 1. The number of nitrogens with zero attached hydrogens (tertiary/aromatic N) is 1. The van der Waals surface area contributed by atoms with Crippen molar-refractivity contribution in [2.45, 2.75) is 26.2 Å². The molecule has 7 heteroatoms. The third-order valence-corrected chi connectivity index (χ3v) is 4.39. The van der Waals surface area contributed by atoms with E-state index in [9.17, 15) is 14.4 Å². The molecule has 1 aliphatic carbocycles. The molecular formula is C17H18N2O4S. The van der Waals surface area contributed by atoms with Gasteiger partial charge in [0, 0.05) is 18.2 Å². The van der Waals surface area contributed by atoms with E-state index in [-0.39, 0.29) is 28.8 Å². The maximum Gasteiger partial charge on any atom is 0.225 e. The molecule has 0 aliphatic heterocycles. The smallest absolute Gasteiger partial charge is 0.225 e. The number of rotatable bonds is 8. The number of fused-ring (bicyclic) bond motifs is 1. The van der Waals surface area contributed by atoms with Crippen LogP contribution in [-0.2, 0) is 4.79 Å². The zero-order chi connectivity index (χ0) is 17.5. The number of unbranched alkanes of at least 4 members (excludes halogenated alkanes) is 1. The molecule has 0 spiro atoms. The second kappa shape index (κ2) is 8.44. The van der Waals surface area contributed by atoms with Gasteiger partial charge in [0.15, 0.2) is 0 Å². The molecule has 1 aliphatic rings. The Hall–Kier alpha value is -2.41. The van der Waals surface area contributed by atoms with E-state index in [0.29, 0.717) is 23.5 Å². The van der Waals surface area contributed by atoms with E-state index in [4.69, 9.17) is 4.52 Å². The van der Waals surface area contributed by atoms with E-state index in [1.54, 1.807) is 19.1 Å². The Kier molecular flexibility index (Phi) is 6.31. The van der Waals surface area contributed by atoms with Crippen molar-refractivity contribution < 1.29 is 18.9 Å². The lowest BCUT2D eigenvalue weighted by Gasteiger charge is -2.09. The first-order valence-corrected chi connectivity index (χ1v) is 8.49. The fourth-order valence-corrected chi connectivity index (χ4v) is 3.14. The van der Waals surface area contributed by atoms with Crippen molar-refractivity contribution in [1.82, 2.24) is 10.5 Å². The van der Waals surface area contributed by atoms with Crippen LogP contribution >= 0.6 is 11.8 Å². The predicted octanol–water partition coefficient (Wildman–Crippen LogP) is 3.05. The van der Waals surface area contributed by atoms with Crippen molar-refractivity contribution in [3.05, 3.63) is 52.9 Å². The maximum absolute atomic E-state index is 12.2. The molecule has 0 atom stereocenters. The monoisotopic (exact) mass is 346 g/mol. The van der Waals surface area contributed by atoms with Gasteiger partial charge < -0.3 is 9.84 Å². The Morgan fingerprint density at radius 2 is 2.21 bits per heavy atom. The van der Waals surface area contributed by atoms with Crippen LogP contribution in [0.4, 0.5) is 0 Å². The van der Waals surface area contributed by atoms with E-state index in [1.807, 2.05) is 0 Å². The Morgan fingerprint density at radius 3 is 2.96 bits per heavy atom. The van der Waals surface area contributed by atoms with Crippen molar-refractivity contribution in [2.24, 2.45) is 0 Å². The molecule has 0 saturated heterocycles. The summed E-state index contributed by atoms with van der Waals surface area (Å²) in [6.07, 6.45) is 7.77. The fourth-order valence-electron chi connectivity index (χ4n) is 2.14. The number of carbonyl (C=O) groups is 3. The van der Waals surface area contributed by atoms with Crippen LogP contribution in [0.5, 0.6) is 0 Å². The van der Waals surface area contributed by atoms with Gasteiger partial charge in [0.05, 0.1) is 16.7 Å². The lowest BCUT2D eigenvalue weighted by Crippen LogP contribution is -2.20. The number of hydrogen-bond donors (Lipinski definition) is 1. The highest BCUT2D eigenvalue weighted by Crippen LogP contribution is 2.28. The summed E-state index contributed by atoms with van der Waals surface area (Å²) < 4.78 is 4.78. The van der Waals surface area contributed by atoms with Crippen LogP contribution in [0.2, 0.25) is 0 Å². The first-order chi connectivity index (χ1) is 11.5. The number of amides is 1. The number of carbonyl (C=O) groups excluding carboxylic acids is 3.